The third kappa shape index (κ3) is 2.39. The lowest BCUT2D eigenvalue weighted by molar-refractivity contribution is 0.0994. The summed E-state index contributed by atoms with van der Waals surface area (Å²) in [5, 5.41) is 0.869. The average Bonchev–Trinajstić information content (AvgIpc) is 2.84. The van der Waals surface area contributed by atoms with Gasteiger partial charge in [-0.3, -0.25) is 4.79 Å². The van der Waals surface area contributed by atoms with Gasteiger partial charge in [0.05, 0.1) is 0 Å². The molecule has 0 saturated carbocycles. The Balaban J connectivity index is 1.97. The molecule has 0 fully saturated rings. The molecule has 2 aromatic carbocycles. The van der Waals surface area contributed by atoms with Crippen LogP contribution in [0, 0.1) is 5.82 Å². The Labute approximate surface area is 123 Å². The predicted molar refractivity (Wildman–Crippen MR) is 80.4 cm³/mol. The van der Waals surface area contributed by atoms with Gasteiger partial charge in [0.25, 0.3) is 0 Å². The first-order chi connectivity index (χ1) is 9.65. The molecule has 0 aliphatic heterocycles. The van der Waals surface area contributed by atoms with E-state index in [1.165, 1.54) is 12.1 Å². The summed E-state index contributed by atoms with van der Waals surface area (Å²) in [5.41, 5.74) is 2.20. The zero-order valence-electron chi connectivity index (χ0n) is 10.5. The fraction of sp³-hybridized carbons (Fsp3) is 0.0625. The molecule has 0 spiro atoms. The van der Waals surface area contributed by atoms with Gasteiger partial charge < -0.3 is 4.98 Å². The quantitative estimate of drug-likeness (QED) is 0.704. The van der Waals surface area contributed by atoms with Crippen molar-refractivity contribution in [3.05, 3.63) is 70.1 Å². The van der Waals surface area contributed by atoms with Gasteiger partial charge in [0, 0.05) is 33.6 Å². The molecule has 1 heterocycles. The first-order valence-electron chi connectivity index (χ1n) is 6.18. The summed E-state index contributed by atoms with van der Waals surface area (Å²) in [7, 11) is 0. The minimum atomic E-state index is -0.324. The van der Waals surface area contributed by atoms with Crippen LogP contribution in [0.4, 0.5) is 4.39 Å². The molecule has 3 rings (SSSR count). The smallest absolute Gasteiger partial charge is 0.169 e. The molecule has 0 aliphatic rings. The highest BCUT2D eigenvalue weighted by atomic mass is 79.9. The second kappa shape index (κ2) is 5.21. The minimum absolute atomic E-state index is 0.0336. The molecular formula is C16H11BrFNO. The normalized spacial score (nSPS) is 10.9. The highest BCUT2D eigenvalue weighted by Gasteiger charge is 2.14. The average molecular weight is 332 g/mol. The monoisotopic (exact) mass is 331 g/mol. The Bertz CT molecular complexity index is 794. The van der Waals surface area contributed by atoms with Crippen molar-refractivity contribution < 1.29 is 9.18 Å². The molecule has 0 bridgehead atoms. The topological polar surface area (TPSA) is 32.9 Å². The molecule has 1 N–H and O–H groups in total. The second-order valence-electron chi connectivity index (χ2n) is 4.59. The molecule has 0 atom stereocenters. The van der Waals surface area contributed by atoms with Crippen molar-refractivity contribution in [2.45, 2.75) is 6.42 Å². The lowest BCUT2D eigenvalue weighted by Crippen LogP contribution is -2.03. The Kier molecular flexibility index (Phi) is 3.40. The first kappa shape index (κ1) is 13.1. The molecule has 0 radical (unpaired) electrons. The number of Topliss-reactive ketones (excluding diaryl/α,β-unsaturated/α-hetero) is 1. The third-order valence-electron chi connectivity index (χ3n) is 3.21. The van der Waals surface area contributed by atoms with Crippen molar-refractivity contribution in [3.63, 3.8) is 0 Å². The number of aromatic amines is 1. The third-order valence-corrected chi connectivity index (χ3v) is 3.87. The second-order valence-corrected chi connectivity index (χ2v) is 5.45. The number of hydrogen-bond donors (Lipinski definition) is 1. The van der Waals surface area contributed by atoms with E-state index < -0.39 is 0 Å². The molecule has 1 aromatic heterocycles. The van der Waals surface area contributed by atoms with Crippen LogP contribution in [0.25, 0.3) is 10.9 Å². The van der Waals surface area contributed by atoms with Crippen LogP contribution >= 0.6 is 15.9 Å². The summed E-state index contributed by atoms with van der Waals surface area (Å²) in [6.07, 6.45) is 1.89. The maximum absolute atomic E-state index is 13.2. The van der Waals surface area contributed by atoms with Gasteiger partial charge in [-0.2, -0.15) is 0 Å². The van der Waals surface area contributed by atoms with Crippen LogP contribution in [0.5, 0.6) is 0 Å². The number of hydrogen-bond acceptors (Lipinski definition) is 1. The standard InChI is InChI=1S/C16H11BrFNO/c17-13-5-2-6-14-16(13)12(9-19-14)15(20)8-10-3-1-4-11(18)7-10/h1-7,9,19H,8H2. The predicted octanol–water partition coefficient (Wildman–Crippen LogP) is 4.49. The van der Waals surface area contributed by atoms with Crippen molar-refractivity contribution in [1.29, 1.82) is 0 Å². The van der Waals surface area contributed by atoms with E-state index in [1.807, 2.05) is 18.2 Å². The van der Waals surface area contributed by atoms with Crippen LogP contribution in [-0.2, 0) is 6.42 Å². The molecule has 0 aliphatic carbocycles. The summed E-state index contributed by atoms with van der Waals surface area (Å²) in [5.74, 6) is -0.357. The van der Waals surface area contributed by atoms with Crippen molar-refractivity contribution in [2.75, 3.05) is 0 Å². The summed E-state index contributed by atoms with van der Waals surface area (Å²) < 4.78 is 14.0. The number of carbonyl (C=O) groups is 1. The van der Waals surface area contributed by atoms with Gasteiger partial charge >= 0.3 is 0 Å². The minimum Gasteiger partial charge on any atom is -0.360 e. The summed E-state index contributed by atoms with van der Waals surface area (Å²) in [6.45, 7) is 0. The van der Waals surface area contributed by atoms with Crippen LogP contribution in [0.15, 0.2) is 53.1 Å². The van der Waals surface area contributed by atoms with Gasteiger partial charge in [-0.25, -0.2) is 4.39 Å². The summed E-state index contributed by atoms with van der Waals surface area (Å²) in [4.78, 5) is 15.5. The molecule has 0 unspecified atom stereocenters. The van der Waals surface area contributed by atoms with Gasteiger partial charge in [0.1, 0.15) is 5.82 Å². The maximum Gasteiger partial charge on any atom is 0.169 e. The molecule has 0 saturated heterocycles. The summed E-state index contributed by atoms with van der Waals surface area (Å²) in [6, 6.07) is 11.9. The van der Waals surface area contributed by atoms with E-state index in [2.05, 4.69) is 20.9 Å². The van der Waals surface area contributed by atoms with E-state index >= 15 is 0 Å². The number of halogens is 2. The van der Waals surface area contributed by atoms with Crippen LogP contribution < -0.4 is 0 Å². The number of H-pyrrole nitrogens is 1. The number of carbonyl (C=O) groups excluding carboxylic acids is 1. The van der Waals surface area contributed by atoms with Crippen molar-refractivity contribution in [2.24, 2.45) is 0 Å². The number of benzene rings is 2. The van der Waals surface area contributed by atoms with Gasteiger partial charge in [-0.1, -0.05) is 34.1 Å². The maximum atomic E-state index is 13.2. The van der Waals surface area contributed by atoms with Gasteiger partial charge in [-0.15, -0.1) is 0 Å². The van der Waals surface area contributed by atoms with Crippen LogP contribution in [0.1, 0.15) is 15.9 Å². The highest BCUT2D eigenvalue weighted by molar-refractivity contribution is 9.10. The van der Waals surface area contributed by atoms with E-state index in [-0.39, 0.29) is 18.0 Å². The SMILES string of the molecule is O=C(Cc1cccc(F)c1)c1c[nH]c2cccc(Br)c12. The number of nitrogens with one attached hydrogen (secondary N) is 1. The van der Waals surface area contributed by atoms with E-state index in [0.717, 1.165) is 15.4 Å². The van der Waals surface area contributed by atoms with Crippen LogP contribution in [0.3, 0.4) is 0 Å². The zero-order valence-corrected chi connectivity index (χ0v) is 12.1. The van der Waals surface area contributed by atoms with E-state index in [4.69, 9.17) is 0 Å². The van der Waals surface area contributed by atoms with Crippen molar-refractivity contribution in [3.8, 4) is 0 Å². The Hall–Kier alpha value is -1.94. The van der Waals surface area contributed by atoms with Crippen LogP contribution in [0.2, 0.25) is 0 Å². The van der Waals surface area contributed by atoms with Crippen LogP contribution in [-0.4, -0.2) is 10.8 Å². The number of ketones is 1. The lowest BCUT2D eigenvalue weighted by Gasteiger charge is -2.02. The Morgan fingerprint density at radius 3 is 2.80 bits per heavy atom. The number of rotatable bonds is 3. The summed E-state index contributed by atoms with van der Waals surface area (Å²) >= 11 is 3.46. The highest BCUT2D eigenvalue weighted by Crippen LogP contribution is 2.27. The van der Waals surface area contributed by atoms with E-state index in [0.29, 0.717) is 11.1 Å². The van der Waals surface area contributed by atoms with E-state index in [9.17, 15) is 9.18 Å². The molecule has 20 heavy (non-hydrogen) atoms. The fourth-order valence-electron chi connectivity index (χ4n) is 2.29. The van der Waals surface area contributed by atoms with Gasteiger partial charge in [0.15, 0.2) is 5.78 Å². The van der Waals surface area contributed by atoms with Gasteiger partial charge in [-0.05, 0) is 29.8 Å². The molecule has 100 valence electrons. The largest absolute Gasteiger partial charge is 0.360 e. The molecule has 4 heteroatoms. The van der Waals surface area contributed by atoms with Gasteiger partial charge in [0.2, 0.25) is 0 Å². The molecule has 0 amide bonds. The molecule has 3 aromatic rings. The molecular weight excluding hydrogens is 321 g/mol. The number of aromatic nitrogens is 1. The fourth-order valence-corrected chi connectivity index (χ4v) is 2.87. The van der Waals surface area contributed by atoms with E-state index in [1.54, 1.807) is 18.3 Å². The first-order valence-corrected chi connectivity index (χ1v) is 6.97. The lowest BCUT2D eigenvalue weighted by atomic mass is 10.0. The molecule has 2 nitrogen and oxygen atoms in total. The van der Waals surface area contributed by atoms with Crippen molar-refractivity contribution >= 4 is 32.6 Å². The number of fused-ring (bicyclic) bond motifs is 1. The Morgan fingerprint density at radius 2 is 2.00 bits per heavy atom. The Morgan fingerprint density at radius 1 is 1.20 bits per heavy atom. The van der Waals surface area contributed by atoms with Crippen molar-refractivity contribution in [1.82, 2.24) is 4.98 Å². The zero-order chi connectivity index (χ0) is 14.1.